The van der Waals surface area contributed by atoms with E-state index >= 15 is 0 Å². The van der Waals surface area contributed by atoms with Gasteiger partial charge in [-0.3, -0.25) is 4.79 Å². The van der Waals surface area contributed by atoms with Crippen LogP contribution in [0.15, 0.2) is 53.4 Å². The summed E-state index contributed by atoms with van der Waals surface area (Å²) in [5.74, 6) is -0.0971. The van der Waals surface area contributed by atoms with Crippen LogP contribution in [0.25, 0.3) is 0 Å². The Hall–Kier alpha value is -2.62. The molecule has 1 heterocycles. The Kier molecular flexibility index (Phi) is 5.36. The van der Waals surface area contributed by atoms with Crippen molar-refractivity contribution in [2.75, 3.05) is 16.8 Å². The summed E-state index contributed by atoms with van der Waals surface area (Å²) in [5, 5.41) is 10.9. The average molecular weight is 409 g/mol. The number of hydrogen-bond acceptors (Lipinski definition) is 4. The molecule has 0 spiro atoms. The molecule has 10 heteroatoms. The first-order valence-corrected chi connectivity index (χ1v) is 9.91. The molecule has 2 aromatic rings. The number of primary sulfonamides is 1. The fraction of sp³-hybridized carbons (Fsp3) is 0.176. The van der Waals surface area contributed by atoms with Crippen LogP contribution in [0.1, 0.15) is 6.42 Å². The van der Waals surface area contributed by atoms with Crippen LogP contribution in [0.4, 0.5) is 16.2 Å². The standard InChI is InChI=1S/C17H17ClN4O4S/c18-11-1-5-14(6-2-11)22-10-13(9-16(22)23)21-17(24)20-12-3-7-15(8-4-12)27(19,25)26/h1-8,13H,9-10H2,(H2,19,25,26)(H2,20,21,24). The third-order valence-corrected chi connectivity index (χ3v) is 5.22. The summed E-state index contributed by atoms with van der Waals surface area (Å²) >= 11 is 5.85. The lowest BCUT2D eigenvalue weighted by Gasteiger charge is -2.17. The van der Waals surface area contributed by atoms with Gasteiger partial charge >= 0.3 is 6.03 Å². The fourth-order valence-electron chi connectivity index (χ4n) is 2.76. The van der Waals surface area contributed by atoms with E-state index in [1.54, 1.807) is 29.2 Å². The predicted octanol–water partition coefficient (Wildman–Crippen LogP) is 1.91. The summed E-state index contributed by atoms with van der Waals surface area (Å²) < 4.78 is 22.5. The quantitative estimate of drug-likeness (QED) is 0.715. The number of carbonyl (C=O) groups is 2. The van der Waals surface area contributed by atoms with Crippen molar-refractivity contribution in [2.24, 2.45) is 5.14 Å². The summed E-state index contributed by atoms with van der Waals surface area (Å²) in [4.78, 5) is 25.9. The maximum atomic E-state index is 12.2. The number of sulfonamides is 1. The van der Waals surface area contributed by atoms with E-state index < -0.39 is 16.1 Å². The Morgan fingerprint density at radius 2 is 1.74 bits per heavy atom. The zero-order valence-corrected chi connectivity index (χ0v) is 15.6. The van der Waals surface area contributed by atoms with Gasteiger partial charge in [0.05, 0.1) is 10.9 Å². The second-order valence-corrected chi connectivity index (χ2v) is 8.05. The normalized spacial score (nSPS) is 17.0. The van der Waals surface area contributed by atoms with Gasteiger partial charge in [-0.25, -0.2) is 18.4 Å². The third-order valence-electron chi connectivity index (χ3n) is 4.04. The lowest BCUT2D eigenvalue weighted by molar-refractivity contribution is -0.117. The van der Waals surface area contributed by atoms with E-state index in [0.717, 1.165) is 0 Å². The predicted molar refractivity (Wildman–Crippen MR) is 102 cm³/mol. The third kappa shape index (κ3) is 4.76. The second kappa shape index (κ2) is 7.55. The topological polar surface area (TPSA) is 122 Å². The van der Waals surface area contributed by atoms with Crippen LogP contribution in [-0.4, -0.2) is 32.9 Å². The minimum absolute atomic E-state index is 0.0477. The van der Waals surface area contributed by atoms with Gasteiger partial charge in [0.25, 0.3) is 0 Å². The van der Waals surface area contributed by atoms with Gasteiger partial charge in [0.2, 0.25) is 15.9 Å². The maximum Gasteiger partial charge on any atom is 0.319 e. The number of nitrogens with one attached hydrogen (secondary N) is 2. The SMILES string of the molecule is NS(=O)(=O)c1ccc(NC(=O)NC2CC(=O)N(c3ccc(Cl)cc3)C2)cc1. The molecule has 0 saturated carbocycles. The lowest BCUT2D eigenvalue weighted by Crippen LogP contribution is -2.39. The summed E-state index contributed by atoms with van der Waals surface area (Å²) in [6.07, 6.45) is 0.181. The van der Waals surface area contributed by atoms with Gasteiger partial charge in [-0.05, 0) is 48.5 Å². The highest BCUT2D eigenvalue weighted by atomic mass is 35.5. The molecule has 4 N–H and O–H groups in total. The highest BCUT2D eigenvalue weighted by Gasteiger charge is 2.31. The highest BCUT2D eigenvalue weighted by molar-refractivity contribution is 7.89. The Morgan fingerprint density at radius 3 is 2.33 bits per heavy atom. The Labute approximate surface area is 161 Å². The van der Waals surface area contributed by atoms with Gasteiger partial charge in [0, 0.05) is 29.4 Å². The maximum absolute atomic E-state index is 12.2. The minimum atomic E-state index is -3.79. The Balaban J connectivity index is 1.58. The number of halogens is 1. The Morgan fingerprint density at radius 1 is 1.11 bits per heavy atom. The molecule has 1 saturated heterocycles. The first-order chi connectivity index (χ1) is 12.7. The Bertz CT molecular complexity index is 961. The number of rotatable bonds is 4. The van der Waals surface area contributed by atoms with E-state index in [1.165, 1.54) is 24.3 Å². The van der Waals surface area contributed by atoms with E-state index in [0.29, 0.717) is 22.9 Å². The molecule has 0 radical (unpaired) electrons. The molecule has 27 heavy (non-hydrogen) atoms. The molecule has 1 aliphatic heterocycles. The van der Waals surface area contributed by atoms with Crippen LogP contribution in [-0.2, 0) is 14.8 Å². The number of amides is 3. The van der Waals surface area contributed by atoms with E-state index in [1.807, 2.05) is 0 Å². The molecule has 3 rings (SSSR count). The van der Waals surface area contributed by atoms with Crippen molar-refractivity contribution >= 4 is 44.9 Å². The number of hydrogen-bond donors (Lipinski definition) is 3. The summed E-state index contributed by atoms with van der Waals surface area (Å²) in [6, 6.07) is 11.5. The number of anilines is 2. The molecule has 1 unspecified atom stereocenters. The largest absolute Gasteiger partial charge is 0.333 e. The first-order valence-electron chi connectivity index (χ1n) is 7.99. The molecule has 1 atom stereocenters. The van der Waals surface area contributed by atoms with Crippen LogP contribution in [0, 0.1) is 0 Å². The molecule has 142 valence electrons. The molecule has 8 nitrogen and oxygen atoms in total. The zero-order valence-electron chi connectivity index (χ0n) is 14.1. The van der Waals surface area contributed by atoms with Gasteiger partial charge in [-0.1, -0.05) is 11.6 Å². The highest BCUT2D eigenvalue weighted by Crippen LogP contribution is 2.23. The second-order valence-electron chi connectivity index (χ2n) is 6.05. The fourth-order valence-corrected chi connectivity index (χ4v) is 3.40. The number of urea groups is 1. The molecular weight excluding hydrogens is 392 g/mol. The monoisotopic (exact) mass is 408 g/mol. The van der Waals surface area contributed by atoms with Crippen LogP contribution < -0.4 is 20.7 Å². The lowest BCUT2D eigenvalue weighted by atomic mass is 10.2. The average Bonchev–Trinajstić information content (AvgIpc) is 2.95. The number of carbonyl (C=O) groups excluding carboxylic acids is 2. The van der Waals surface area contributed by atoms with Gasteiger partial charge in [0.15, 0.2) is 0 Å². The molecular formula is C17H17ClN4O4S. The number of benzene rings is 2. The molecule has 0 aliphatic carbocycles. The first kappa shape index (κ1) is 19.2. The number of nitrogens with two attached hydrogens (primary N) is 1. The van der Waals surface area contributed by atoms with Crippen molar-refractivity contribution in [1.29, 1.82) is 0 Å². The van der Waals surface area contributed by atoms with E-state index in [2.05, 4.69) is 10.6 Å². The number of nitrogens with zero attached hydrogens (tertiary/aromatic N) is 1. The van der Waals surface area contributed by atoms with Crippen LogP contribution in [0.5, 0.6) is 0 Å². The van der Waals surface area contributed by atoms with Gasteiger partial charge in [-0.2, -0.15) is 0 Å². The van der Waals surface area contributed by atoms with E-state index in [4.69, 9.17) is 16.7 Å². The molecule has 0 aromatic heterocycles. The van der Waals surface area contributed by atoms with Gasteiger partial charge in [-0.15, -0.1) is 0 Å². The van der Waals surface area contributed by atoms with Crippen molar-refractivity contribution in [3.8, 4) is 0 Å². The van der Waals surface area contributed by atoms with Crippen LogP contribution in [0.2, 0.25) is 5.02 Å². The summed E-state index contributed by atoms with van der Waals surface area (Å²) in [7, 11) is -3.79. The van der Waals surface area contributed by atoms with Crippen LogP contribution in [0.3, 0.4) is 0 Å². The molecule has 1 aliphatic rings. The molecule has 0 bridgehead atoms. The van der Waals surface area contributed by atoms with Crippen molar-refractivity contribution in [3.05, 3.63) is 53.6 Å². The van der Waals surface area contributed by atoms with Crippen LogP contribution >= 0.6 is 11.6 Å². The molecule has 2 aromatic carbocycles. The zero-order chi connectivity index (χ0) is 19.6. The van der Waals surface area contributed by atoms with Gasteiger partial charge < -0.3 is 15.5 Å². The van der Waals surface area contributed by atoms with Crippen molar-refractivity contribution in [2.45, 2.75) is 17.4 Å². The van der Waals surface area contributed by atoms with Gasteiger partial charge in [0.1, 0.15) is 0 Å². The van der Waals surface area contributed by atoms with E-state index in [9.17, 15) is 18.0 Å². The smallest absolute Gasteiger partial charge is 0.319 e. The van der Waals surface area contributed by atoms with Crippen molar-refractivity contribution < 1.29 is 18.0 Å². The summed E-state index contributed by atoms with van der Waals surface area (Å²) in [5.41, 5.74) is 1.12. The molecule has 3 amide bonds. The van der Waals surface area contributed by atoms with Crippen molar-refractivity contribution in [1.82, 2.24) is 5.32 Å². The minimum Gasteiger partial charge on any atom is -0.333 e. The molecule has 1 fully saturated rings. The van der Waals surface area contributed by atoms with Crippen molar-refractivity contribution in [3.63, 3.8) is 0 Å². The summed E-state index contributed by atoms with van der Waals surface area (Å²) in [6.45, 7) is 0.345. The van der Waals surface area contributed by atoms with E-state index in [-0.39, 0.29) is 23.3 Å².